The number of aromatic nitrogens is 1. The second-order valence-electron chi connectivity index (χ2n) is 7.25. The summed E-state index contributed by atoms with van der Waals surface area (Å²) in [6.45, 7) is 5.89. The molecule has 0 unspecified atom stereocenters. The van der Waals surface area contributed by atoms with Gasteiger partial charge in [-0.25, -0.2) is 0 Å². The van der Waals surface area contributed by atoms with Crippen LogP contribution in [0.1, 0.15) is 22.4 Å². The van der Waals surface area contributed by atoms with Crippen molar-refractivity contribution in [1.29, 1.82) is 0 Å². The van der Waals surface area contributed by atoms with Crippen LogP contribution < -0.4 is 10.2 Å². The molecule has 0 saturated carbocycles. The number of hydrogen-bond donors (Lipinski definition) is 1. The van der Waals surface area contributed by atoms with Crippen LogP contribution in [0.4, 0.5) is 5.69 Å². The highest BCUT2D eigenvalue weighted by Crippen LogP contribution is 2.30. The fourth-order valence-electron chi connectivity index (χ4n) is 3.73. The Morgan fingerprint density at radius 3 is 2.48 bits per heavy atom. The molecular formula is C23H21N3O2S. The minimum absolute atomic E-state index is 0.0685. The van der Waals surface area contributed by atoms with Gasteiger partial charge in [-0.3, -0.25) is 19.8 Å². The standard InChI is InChI=1S/C23H21N3O2S/c1-13-8-7-11-19(14(13)2)26-22(28)18(21(27)24-23(26)29)12-17-15(3)25(4)20-10-6-5-9-16(17)20/h5-12H,1-4H3,(H,24,27,29)/b18-12-. The minimum Gasteiger partial charge on any atom is -0.347 e. The summed E-state index contributed by atoms with van der Waals surface area (Å²) in [6, 6.07) is 13.6. The van der Waals surface area contributed by atoms with Crippen LogP contribution in [0.25, 0.3) is 17.0 Å². The van der Waals surface area contributed by atoms with Gasteiger partial charge in [0.05, 0.1) is 5.69 Å². The van der Waals surface area contributed by atoms with Crippen molar-refractivity contribution in [3.63, 3.8) is 0 Å². The molecule has 0 aliphatic carbocycles. The molecule has 1 saturated heterocycles. The van der Waals surface area contributed by atoms with Crippen LogP contribution >= 0.6 is 12.2 Å². The van der Waals surface area contributed by atoms with Crippen LogP contribution in [-0.4, -0.2) is 21.5 Å². The van der Waals surface area contributed by atoms with Crippen molar-refractivity contribution in [3.8, 4) is 0 Å². The fourth-order valence-corrected chi connectivity index (χ4v) is 4.00. The molecule has 0 spiro atoms. The largest absolute Gasteiger partial charge is 0.347 e. The molecule has 4 rings (SSSR count). The molecule has 6 heteroatoms. The number of benzene rings is 2. The maximum Gasteiger partial charge on any atom is 0.270 e. The third kappa shape index (κ3) is 2.96. The zero-order valence-electron chi connectivity index (χ0n) is 16.7. The summed E-state index contributed by atoms with van der Waals surface area (Å²) in [5.41, 5.74) is 5.62. The Bertz CT molecular complexity index is 1240. The van der Waals surface area contributed by atoms with Crippen molar-refractivity contribution in [1.82, 2.24) is 9.88 Å². The lowest BCUT2D eigenvalue weighted by molar-refractivity contribution is -0.122. The summed E-state index contributed by atoms with van der Waals surface area (Å²) in [5.74, 6) is -0.895. The van der Waals surface area contributed by atoms with Gasteiger partial charge in [0, 0.05) is 29.2 Å². The molecule has 29 heavy (non-hydrogen) atoms. The van der Waals surface area contributed by atoms with Crippen molar-refractivity contribution in [3.05, 3.63) is 70.4 Å². The van der Waals surface area contributed by atoms with Crippen molar-refractivity contribution < 1.29 is 9.59 Å². The zero-order valence-corrected chi connectivity index (χ0v) is 17.6. The quantitative estimate of drug-likeness (QED) is 0.401. The molecule has 1 aromatic heterocycles. The Labute approximate surface area is 174 Å². The van der Waals surface area contributed by atoms with E-state index < -0.39 is 11.8 Å². The highest BCUT2D eigenvalue weighted by molar-refractivity contribution is 7.80. The van der Waals surface area contributed by atoms with Crippen LogP contribution in [0.15, 0.2) is 48.0 Å². The molecule has 146 valence electrons. The number of hydrogen-bond acceptors (Lipinski definition) is 3. The predicted molar refractivity (Wildman–Crippen MR) is 120 cm³/mol. The van der Waals surface area contributed by atoms with Crippen LogP contribution in [-0.2, 0) is 16.6 Å². The number of anilines is 1. The van der Waals surface area contributed by atoms with Gasteiger partial charge in [-0.2, -0.15) is 0 Å². The van der Waals surface area contributed by atoms with Gasteiger partial charge in [0.25, 0.3) is 11.8 Å². The maximum absolute atomic E-state index is 13.4. The summed E-state index contributed by atoms with van der Waals surface area (Å²) in [7, 11) is 1.97. The van der Waals surface area contributed by atoms with E-state index in [1.807, 2.05) is 70.3 Å². The van der Waals surface area contributed by atoms with Gasteiger partial charge in [0.2, 0.25) is 0 Å². The Morgan fingerprint density at radius 1 is 1.00 bits per heavy atom. The first-order valence-corrected chi connectivity index (χ1v) is 9.73. The third-order valence-electron chi connectivity index (χ3n) is 5.66. The van der Waals surface area contributed by atoms with E-state index in [-0.39, 0.29) is 10.7 Å². The van der Waals surface area contributed by atoms with E-state index in [0.717, 1.165) is 33.3 Å². The van der Waals surface area contributed by atoms with E-state index in [2.05, 4.69) is 9.88 Å². The maximum atomic E-state index is 13.4. The Balaban J connectivity index is 1.88. The molecule has 5 nitrogen and oxygen atoms in total. The lowest BCUT2D eigenvalue weighted by atomic mass is 10.0. The molecule has 2 amide bonds. The lowest BCUT2D eigenvalue weighted by Crippen LogP contribution is -2.54. The summed E-state index contributed by atoms with van der Waals surface area (Å²) in [6.07, 6.45) is 1.68. The fraction of sp³-hybridized carbons (Fsp3) is 0.174. The SMILES string of the molecule is Cc1cccc(N2C(=O)/C(=C\c3c(C)n(C)c4ccccc34)C(=O)NC2=S)c1C. The Morgan fingerprint density at radius 2 is 1.72 bits per heavy atom. The number of amides is 2. The van der Waals surface area contributed by atoms with Gasteiger partial charge in [-0.15, -0.1) is 0 Å². The number of fused-ring (bicyclic) bond motifs is 1. The highest BCUT2D eigenvalue weighted by atomic mass is 32.1. The predicted octanol–water partition coefficient (Wildman–Crippen LogP) is 3.93. The first-order chi connectivity index (χ1) is 13.8. The molecule has 0 bridgehead atoms. The Hall–Kier alpha value is -3.25. The van der Waals surface area contributed by atoms with E-state index in [1.165, 1.54) is 4.90 Å². The number of carbonyl (C=O) groups excluding carboxylic acids is 2. The summed E-state index contributed by atoms with van der Waals surface area (Å²) >= 11 is 5.33. The highest BCUT2D eigenvalue weighted by Gasteiger charge is 2.35. The van der Waals surface area contributed by atoms with Gasteiger partial charge in [-0.1, -0.05) is 30.3 Å². The smallest absolute Gasteiger partial charge is 0.270 e. The van der Waals surface area contributed by atoms with Gasteiger partial charge in [0.1, 0.15) is 5.57 Å². The average molecular weight is 404 g/mol. The number of nitrogens with zero attached hydrogens (tertiary/aromatic N) is 2. The number of carbonyl (C=O) groups is 2. The summed E-state index contributed by atoms with van der Waals surface area (Å²) in [4.78, 5) is 27.5. The second kappa shape index (κ2) is 6.97. The van der Waals surface area contributed by atoms with Crippen LogP contribution in [0.3, 0.4) is 0 Å². The van der Waals surface area contributed by atoms with Crippen LogP contribution in [0.2, 0.25) is 0 Å². The first-order valence-electron chi connectivity index (χ1n) is 9.33. The van der Waals surface area contributed by atoms with Crippen molar-refractivity contribution >= 4 is 51.8 Å². The van der Waals surface area contributed by atoms with Gasteiger partial charge in [-0.05, 0) is 62.3 Å². The number of thiocarbonyl (C=S) groups is 1. The molecule has 2 aromatic carbocycles. The number of rotatable bonds is 2. The van der Waals surface area contributed by atoms with E-state index in [4.69, 9.17) is 12.2 Å². The van der Waals surface area contributed by atoms with Crippen molar-refractivity contribution in [2.45, 2.75) is 20.8 Å². The molecule has 2 heterocycles. The normalized spacial score (nSPS) is 16.1. The molecule has 1 aliphatic heterocycles. The topological polar surface area (TPSA) is 54.3 Å². The molecule has 3 aromatic rings. The van der Waals surface area contributed by atoms with Crippen molar-refractivity contribution in [2.75, 3.05) is 4.90 Å². The lowest BCUT2D eigenvalue weighted by Gasteiger charge is -2.30. The molecular weight excluding hydrogens is 382 g/mol. The van der Waals surface area contributed by atoms with E-state index >= 15 is 0 Å². The van der Waals surface area contributed by atoms with Crippen LogP contribution in [0.5, 0.6) is 0 Å². The van der Waals surface area contributed by atoms with Crippen molar-refractivity contribution in [2.24, 2.45) is 7.05 Å². The second-order valence-corrected chi connectivity index (χ2v) is 7.64. The van der Waals surface area contributed by atoms with Crippen LogP contribution in [0, 0.1) is 20.8 Å². The summed E-state index contributed by atoms with van der Waals surface area (Å²) in [5, 5.41) is 3.76. The molecule has 0 radical (unpaired) electrons. The number of aryl methyl sites for hydroxylation is 2. The summed E-state index contributed by atoms with van der Waals surface area (Å²) < 4.78 is 2.06. The van der Waals surface area contributed by atoms with Gasteiger partial charge in [0.15, 0.2) is 5.11 Å². The Kier molecular flexibility index (Phi) is 4.59. The van der Waals surface area contributed by atoms with E-state index in [9.17, 15) is 9.59 Å². The zero-order chi connectivity index (χ0) is 20.9. The first kappa shape index (κ1) is 19.1. The minimum atomic E-state index is -0.478. The third-order valence-corrected chi connectivity index (χ3v) is 5.94. The van der Waals surface area contributed by atoms with Gasteiger partial charge < -0.3 is 4.57 Å². The molecule has 1 N–H and O–H groups in total. The molecule has 1 fully saturated rings. The average Bonchev–Trinajstić information content (AvgIpc) is 2.93. The van der Waals surface area contributed by atoms with E-state index in [0.29, 0.717) is 5.69 Å². The molecule has 0 atom stereocenters. The number of para-hydroxylation sites is 1. The van der Waals surface area contributed by atoms with E-state index in [1.54, 1.807) is 6.08 Å². The van der Waals surface area contributed by atoms with Gasteiger partial charge >= 0.3 is 0 Å². The molecule has 1 aliphatic rings. The number of nitrogens with one attached hydrogen (secondary N) is 1. The monoisotopic (exact) mass is 403 g/mol.